The Labute approximate surface area is 93.6 Å². The smallest absolute Gasteiger partial charge is 0.0902 e. The van der Waals surface area contributed by atoms with Gasteiger partial charge in [0.2, 0.25) is 0 Å². The molecule has 0 aliphatic heterocycles. The predicted octanol–water partition coefficient (Wildman–Crippen LogP) is 4.44. The second kappa shape index (κ2) is 4.88. The van der Waals surface area contributed by atoms with E-state index in [0.717, 1.165) is 5.56 Å². The van der Waals surface area contributed by atoms with E-state index in [1.807, 2.05) is 36.4 Å². The maximum absolute atomic E-state index is 12.8. The van der Waals surface area contributed by atoms with Gasteiger partial charge in [0.15, 0.2) is 0 Å². The lowest BCUT2D eigenvalue weighted by Crippen LogP contribution is -2.04. The molecular weight excluding hydrogens is 206 g/mol. The van der Waals surface area contributed by atoms with Gasteiger partial charge in [-0.15, -0.1) is 0 Å². The van der Waals surface area contributed by atoms with E-state index in [0.29, 0.717) is 30.2 Å². The number of rotatable bonds is 1. The first kappa shape index (κ1) is 10.8. The quantitative estimate of drug-likeness (QED) is 0.653. The van der Waals surface area contributed by atoms with Crippen LogP contribution in [0.25, 0.3) is 0 Å². The first-order chi connectivity index (χ1) is 7.85. The molecule has 0 heterocycles. The van der Waals surface area contributed by atoms with Crippen LogP contribution in [0.1, 0.15) is 17.9 Å². The predicted molar refractivity (Wildman–Crippen MR) is 61.3 cm³/mol. The van der Waals surface area contributed by atoms with Crippen molar-refractivity contribution >= 4 is 0 Å². The standard InChI is InChI=1S/C14H12F2/c15-9-11-6-7-14(13(8-11)10-16)12-4-2-1-3-5-12/h1-7,9-10,14H,8H2/b11-9+,13-10+. The highest BCUT2D eigenvalue weighted by atomic mass is 19.1. The Morgan fingerprint density at radius 2 is 1.81 bits per heavy atom. The molecule has 1 atom stereocenters. The Bertz CT molecular complexity index is 441. The van der Waals surface area contributed by atoms with Crippen molar-refractivity contribution in [3.05, 3.63) is 71.9 Å². The lowest BCUT2D eigenvalue weighted by atomic mass is 9.84. The molecule has 1 aromatic carbocycles. The normalized spacial score (nSPS) is 25.2. The SMILES string of the molecule is F/C=C1\C=CC(c2ccccc2)/C(=C/F)C1. The van der Waals surface area contributed by atoms with E-state index in [9.17, 15) is 8.78 Å². The molecule has 16 heavy (non-hydrogen) atoms. The largest absolute Gasteiger partial charge is 0.216 e. The highest BCUT2D eigenvalue weighted by molar-refractivity contribution is 5.42. The van der Waals surface area contributed by atoms with Crippen LogP contribution in [0.3, 0.4) is 0 Å². The molecule has 0 bridgehead atoms. The van der Waals surface area contributed by atoms with Crippen LogP contribution in [0.2, 0.25) is 0 Å². The molecule has 2 rings (SSSR count). The molecule has 0 saturated heterocycles. The van der Waals surface area contributed by atoms with Gasteiger partial charge in [-0.05, 0) is 23.1 Å². The number of hydrogen-bond acceptors (Lipinski definition) is 0. The van der Waals surface area contributed by atoms with E-state index in [4.69, 9.17) is 0 Å². The fourth-order valence-corrected chi connectivity index (χ4v) is 1.91. The van der Waals surface area contributed by atoms with Crippen molar-refractivity contribution in [1.29, 1.82) is 0 Å². The summed E-state index contributed by atoms with van der Waals surface area (Å²) in [4.78, 5) is 0. The van der Waals surface area contributed by atoms with E-state index in [1.54, 1.807) is 6.08 Å². The molecule has 0 saturated carbocycles. The average Bonchev–Trinajstić information content (AvgIpc) is 2.39. The molecule has 0 fully saturated rings. The summed E-state index contributed by atoms with van der Waals surface area (Å²) in [5.41, 5.74) is 2.13. The molecule has 82 valence electrons. The van der Waals surface area contributed by atoms with Gasteiger partial charge in [0.1, 0.15) is 0 Å². The average molecular weight is 218 g/mol. The van der Waals surface area contributed by atoms with Crippen LogP contribution in [0.5, 0.6) is 0 Å². The van der Waals surface area contributed by atoms with Crippen molar-refractivity contribution in [1.82, 2.24) is 0 Å². The maximum Gasteiger partial charge on any atom is 0.0902 e. The molecule has 0 N–H and O–H groups in total. The third-order valence-corrected chi connectivity index (χ3v) is 2.75. The Kier molecular flexibility index (Phi) is 3.30. The number of halogens is 2. The van der Waals surface area contributed by atoms with Gasteiger partial charge in [0.25, 0.3) is 0 Å². The minimum absolute atomic E-state index is 0.0742. The van der Waals surface area contributed by atoms with Crippen LogP contribution >= 0.6 is 0 Å². The lowest BCUT2D eigenvalue weighted by Gasteiger charge is -2.21. The fourth-order valence-electron chi connectivity index (χ4n) is 1.91. The summed E-state index contributed by atoms with van der Waals surface area (Å²) in [7, 11) is 0. The van der Waals surface area contributed by atoms with Crippen LogP contribution in [0, 0.1) is 0 Å². The monoisotopic (exact) mass is 218 g/mol. The van der Waals surface area contributed by atoms with Gasteiger partial charge in [-0.1, -0.05) is 42.5 Å². The van der Waals surface area contributed by atoms with Gasteiger partial charge in [-0.3, -0.25) is 0 Å². The van der Waals surface area contributed by atoms with Crippen LogP contribution < -0.4 is 0 Å². The minimum Gasteiger partial charge on any atom is -0.216 e. The lowest BCUT2D eigenvalue weighted by molar-refractivity contribution is 0.676. The third kappa shape index (κ3) is 2.11. The molecular formula is C14H12F2. The highest BCUT2D eigenvalue weighted by Crippen LogP contribution is 2.35. The van der Waals surface area contributed by atoms with Crippen LogP contribution in [-0.2, 0) is 0 Å². The zero-order valence-corrected chi connectivity index (χ0v) is 8.74. The van der Waals surface area contributed by atoms with E-state index in [-0.39, 0.29) is 5.92 Å². The molecule has 0 radical (unpaired) electrons. The van der Waals surface area contributed by atoms with E-state index < -0.39 is 0 Å². The Morgan fingerprint density at radius 3 is 2.44 bits per heavy atom. The van der Waals surface area contributed by atoms with E-state index >= 15 is 0 Å². The van der Waals surface area contributed by atoms with Crippen LogP contribution in [0.15, 0.2) is 66.3 Å². The Hall–Kier alpha value is -1.70. The maximum atomic E-state index is 12.8. The van der Waals surface area contributed by atoms with E-state index in [1.165, 1.54) is 0 Å². The summed E-state index contributed by atoms with van der Waals surface area (Å²) >= 11 is 0. The summed E-state index contributed by atoms with van der Waals surface area (Å²) in [6, 6.07) is 9.64. The van der Waals surface area contributed by atoms with Crippen LogP contribution in [-0.4, -0.2) is 0 Å². The molecule has 1 aliphatic carbocycles. The van der Waals surface area contributed by atoms with Gasteiger partial charge >= 0.3 is 0 Å². The first-order valence-electron chi connectivity index (χ1n) is 5.16. The molecule has 2 heteroatoms. The Balaban J connectivity index is 2.35. The molecule has 0 amide bonds. The first-order valence-corrected chi connectivity index (χ1v) is 5.16. The van der Waals surface area contributed by atoms with Gasteiger partial charge in [0.05, 0.1) is 12.7 Å². The second-order valence-corrected chi connectivity index (χ2v) is 3.79. The molecule has 0 spiro atoms. The van der Waals surface area contributed by atoms with Crippen molar-refractivity contribution in [3.63, 3.8) is 0 Å². The van der Waals surface area contributed by atoms with Crippen molar-refractivity contribution in [2.45, 2.75) is 12.3 Å². The van der Waals surface area contributed by atoms with Gasteiger partial charge in [-0.25, -0.2) is 8.78 Å². The van der Waals surface area contributed by atoms with Gasteiger partial charge in [0, 0.05) is 5.92 Å². The Morgan fingerprint density at radius 1 is 1.06 bits per heavy atom. The molecule has 1 aliphatic rings. The fraction of sp³-hybridized carbons (Fsp3) is 0.143. The summed E-state index contributed by atoms with van der Waals surface area (Å²) < 4.78 is 25.1. The number of hydrogen-bond donors (Lipinski definition) is 0. The molecule has 1 unspecified atom stereocenters. The molecule has 1 aromatic rings. The number of allylic oxidation sites excluding steroid dienone is 4. The zero-order valence-electron chi connectivity index (χ0n) is 8.74. The summed E-state index contributed by atoms with van der Waals surface area (Å²) in [6.07, 6.45) is 5.00. The molecule has 0 aromatic heterocycles. The van der Waals surface area contributed by atoms with Crippen molar-refractivity contribution in [2.75, 3.05) is 0 Å². The molecule has 0 nitrogen and oxygen atoms in total. The topological polar surface area (TPSA) is 0 Å². The van der Waals surface area contributed by atoms with E-state index in [2.05, 4.69) is 0 Å². The highest BCUT2D eigenvalue weighted by Gasteiger charge is 2.18. The third-order valence-electron chi connectivity index (χ3n) is 2.75. The summed E-state index contributed by atoms with van der Waals surface area (Å²) in [6.45, 7) is 0. The summed E-state index contributed by atoms with van der Waals surface area (Å²) in [5.74, 6) is -0.0742. The van der Waals surface area contributed by atoms with Crippen molar-refractivity contribution in [2.24, 2.45) is 0 Å². The number of benzene rings is 1. The van der Waals surface area contributed by atoms with Crippen molar-refractivity contribution < 1.29 is 8.78 Å². The summed E-state index contributed by atoms with van der Waals surface area (Å²) in [5, 5.41) is 0. The minimum atomic E-state index is -0.0742. The second-order valence-electron chi connectivity index (χ2n) is 3.79. The van der Waals surface area contributed by atoms with Gasteiger partial charge < -0.3 is 0 Å². The zero-order chi connectivity index (χ0) is 11.4. The van der Waals surface area contributed by atoms with Crippen LogP contribution in [0.4, 0.5) is 8.78 Å². The van der Waals surface area contributed by atoms with Gasteiger partial charge in [-0.2, -0.15) is 0 Å². The van der Waals surface area contributed by atoms with Crippen molar-refractivity contribution in [3.8, 4) is 0 Å².